The summed E-state index contributed by atoms with van der Waals surface area (Å²) in [4.78, 5) is 1.04. The summed E-state index contributed by atoms with van der Waals surface area (Å²) in [5.41, 5.74) is 7.02. The summed E-state index contributed by atoms with van der Waals surface area (Å²) in [6, 6.07) is 10.9. The molecule has 0 aliphatic heterocycles. The fourth-order valence-electron chi connectivity index (χ4n) is 2.10. The molecular formula is C15H20N2O2S2. The topological polar surface area (TPSA) is 63.4 Å². The molecule has 0 saturated heterocycles. The molecule has 0 bridgehead atoms. The first-order chi connectivity index (χ1) is 9.90. The van der Waals surface area contributed by atoms with Crippen LogP contribution in [-0.2, 0) is 22.3 Å². The third kappa shape index (κ3) is 4.06. The Hall–Kier alpha value is -1.37. The average molecular weight is 324 g/mol. The summed E-state index contributed by atoms with van der Waals surface area (Å²) < 4.78 is 26.9. The second-order valence-corrected chi connectivity index (χ2v) is 8.13. The van der Waals surface area contributed by atoms with E-state index in [1.54, 1.807) is 35.6 Å². The maximum Gasteiger partial charge on any atom is 0.218 e. The fourth-order valence-corrected chi connectivity index (χ4v) is 4.69. The van der Waals surface area contributed by atoms with Gasteiger partial charge in [0.25, 0.3) is 0 Å². The van der Waals surface area contributed by atoms with Crippen LogP contribution in [0.5, 0.6) is 0 Å². The molecule has 0 atom stereocenters. The van der Waals surface area contributed by atoms with E-state index in [0.717, 1.165) is 4.88 Å². The third-order valence-electron chi connectivity index (χ3n) is 3.22. The largest absolute Gasteiger partial charge is 0.398 e. The van der Waals surface area contributed by atoms with Crippen molar-refractivity contribution < 1.29 is 8.42 Å². The Kier molecular flexibility index (Phi) is 5.03. The quantitative estimate of drug-likeness (QED) is 0.831. The van der Waals surface area contributed by atoms with Crippen molar-refractivity contribution in [3.8, 4) is 0 Å². The van der Waals surface area contributed by atoms with Crippen LogP contribution >= 0.6 is 11.3 Å². The van der Waals surface area contributed by atoms with Crippen LogP contribution in [0.4, 0.5) is 5.69 Å². The van der Waals surface area contributed by atoms with E-state index >= 15 is 0 Å². The summed E-state index contributed by atoms with van der Waals surface area (Å²) in [5.74, 6) is -0.0662. The highest BCUT2D eigenvalue weighted by Gasteiger charge is 2.26. The zero-order chi connectivity index (χ0) is 15.5. The minimum atomic E-state index is -3.41. The second kappa shape index (κ2) is 6.60. The van der Waals surface area contributed by atoms with Crippen molar-refractivity contribution in [2.24, 2.45) is 0 Å². The van der Waals surface area contributed by atoms with Crippen molar-refractivity contribution in [3.05, 3.63) is 52.2 Å². The number of anilines is 1. The lowest BCUT2D eigenvalue weighted by atomic mass is 10.2. The van der Waals surface area contributed by atoms with E-state index < -0.39 is 10.0 Å². The Bertz CT molecular complexity index is 679. The zero-order valence-electron chi connectivity index (χ0n) is 12.2. The van der Waals surface area contributed by atoms with E-state index in [1.165, 1.54) is 4.31 Å². The molecule has 2 rings (SSSR count). The van der Waals surface area contributed by atoms with Crippen LogP contribution in [0.2, 0.25) is 0 Å². The van der Waals surface area contributed by atoms with Gasteiger partial charge >= 0.3 is 0 Å². The predicted octanol–water partition coefficient (Wildman–Crippen LogP) is 3.07. The molecule has 2 N–H and O–H groups in total. The second-order valence-electron chi connectivity index (χ2n) is 5.17. The molecule has 0 aliphatic rings. The number of sulfonamides is 1. The molecule has 0 fully saturated rings. The summed E-state index contributed by atoms with van der Waals surface area (Å²) in [5, 5.41) is 1.95. The fraction of sp³-hybridized carbons (Fsp3) is 0.333. The molecule has 0 aliphatic carbocycles. The third-order valence-corrected chi connectivity index (χ3v) is 6.02. The Morgan fingerprint density at radius 1 is 1.19 bits per heavy atom. The molecule has 6 heteroatoms. The molecule has 114 valence electrons. The molecule has 2 aromatic rings. The van der Waals surface area contributed by atoms with Gasteiger partial charge in [-0.1, -0.05) is 24.3 Å². The maximum absolute atomic E-state index is 12.7. The van der Waals surface area contributed by atoms with Gasteiger partial charge < -0.3 is 5.73 Å². The molecule has 4 nitrogen and oxygen atoms in total. The number of hydrogen-bond acceptors (Lipinski definition) is 4. The van der Waals surface area contributed by atoms with Crippen molar-refractivity contribution >= 4 is 27.0 Å². The van der Waals surface area contributed by atoms with E-state index in [4.69, 9.17) is 5.73 Å². The van der Waals surface area contributed by atoms with Crippen LogP contribution in [0.25, 0.3) is 0 Å². The van der Waals surface area contributed by atoms with E-state index in [0.29, 0.717) is 17.8 Å². The lowest BCUT2D eigenvalue weighted by molar-refractivity contribution is 0.350. The number of nitrogen functional groups attached to an aromatic ring is 1. The molecule has 0 spiro atoms. The van der Waals surface area contributed by atoms with Crippen molar-refractivity contribution in [2.45, 2.75) is 32.2 Å². The number of para-hydroxylation sites is 1. The Morgan fingerprint density at radius 2 is 1.90 bits per heavy atom. The molecule has 1 aromatic carbocycles. The number of nitrogens with two attached hydrogens (primary N) is 1. The number of benzene rings is 1. The normalized spacial score (nSPS) is 12.2. The molecule has 1 heterocycles. The SMILES string of the molecule is CC(C)N(Cc1cccs1)S(=O)(=O)Cc1ccccc1N. The first-order valence-corrected chi connectivity index (χ1v) is 9.24. The summed E-state index contributed by atoms with van der Waals surface area (Å²) in [7, 11) is -3.41. The summed E-state index contributed by atoms with van der Waals surface area (Å²) >= 11 is 1.56. The van der Waals surface area contributed by atoms with Gasteiger partial charge in [0.15, 0.2) is 0 Å². The molecule has 1 aromatic heterocycles. The summed E-state index contributed by atoms with van der Waals surface area (Å²) in [6.07, 6.45) is 0. The molecule has 0 radical (unpaired) electrons. The Morgan fingerprint density at radius 3 is 2.48 bits per heavy atom. The van der Waals surface area contributed by atoms with Crippen LogP contribution in [-0.4, -0.2) is 18.8 Å². The van der Waals surface area contributed by atoms with Crippen LogP contribution < -0.4 is 5.73 Å². The van der Waals surface area contributed by atoms with Gasteiger partial charge in [0.2, 0.25) is 10.0 Å². The van der Waals surface area contributed by atoms with Crippen molar-refractivity contribution in [1.29, 1.82) is 0 Å². The molecule has 0 amide bonds. The first kappa shape index (κ1) is 16.0. The van der Waals surface area contributed by atoms with Crippen molar-refractivity contribution in [3.63, 3.8) is 0 Å². The van der Waals surface area contributed by atoms with Crippen LogP contribution in [0, 0.1) is 0 Å². The minimum Gasteiger partial charge on any atom is -0.398 e. The Labute approximate surface area is 130 Å². The minimum absolute atomic E-state index is 0.0662. The van der Waals surface area contributed by atoms with Gasteiger partial charge in [-0.25, -0.2) is 8.42 Å². The standard InChI is InChI=1S/C15H20N2O2S2/c1-12(2)17(10-14-7-5-9-20-14)21(18,19)11-13-6-3-4-8-15(13)16/h3-9,12H,10-11,16H2,1-2H3. The maximum atomic E-state index is 12.7. The van der Waals surface area contributed by atoms with Crippen LogP contribution in [0.1, 0.15) is 24.3 Å². The van der Waals surface area contributed by atoms with Gasteiger partial charge in [0.05, 0.1) is 5.75 Å². The highest BCUT2D eigenvalue weighted by atomic mass is 32.2. The zero-order valence-corrected chi connectivity index (χ0v) is 13.8. The number of nitrogens with zero attached hydrogens (tertiary/aromatic N) is 1. The van der Waals surface area contributed by atoms with Gasteiger partial charge in [-0.15, -0.1) is 11.3 Å². The molecule has 0 saturated carbocycles. The van der Waals surface area contributed by atoms with Gasteiger partial charge in [0.1, 0.15) is 0 Å². The highest BCUT2D eigenvalue weighted by molar-refractivity contribution is 7.88. The van der Waals surface area contributed by atoms with Crippen molar-refractivity contribution in [2.75, 3.05) is 5.73 Å². The molecule has 21 heavy (non-hydrogen) atoms. The van der Waals surface area contributed by atoms with Gasteiger partial charge in [-0.2, -0.15) is 4.31 Å². The monoisotopic (exact) mass is 324 g/mol. The Balaban J connectivity index is 2.24. The van der Waals surface area contributed by atoms with Gasteiger partial charge in [-0.3, -0.25) is 0 Å². The first-order valence-electron chi connectivity index (χ1n) is 6.75. The lowest BCUT2D eigenvalue weighted by Crippen LogP contribution is -2.37. The van der Waals surface area contributed by atoms with Gasteiger partial charge in [0, 0.05) is 23.2 Å². The number of rotatable bonds is 6. The van der Waals surface area contributed by atoms with E-state index in [-0.39, 0.29) is 11.8 Å². The van der Waals surface area contributed by atoms with E-state index in [1.807, 2.05) is 31.4 Å². The number of thiophene rings is 1. The lowest BCUT2D eigenvalue weighted by Gasteiger charge is -2.25. The van der Waals surface area contributed by atoms with E-state index in [9.17, 15) is 8.42 Å². The van der Waals surface area contributed by atoms with Gasteiger partial charge in [-0.05, 0) is 36.9 Å². The highest BCUT2D eigenvalue weighted by Crippen LogP contribution is 2.22. The van der Waals surface area contributed by atoms with Crippen molar-refractivity contribution in [1.82, 2.24) is 4.31 Å². The van der Waals surface area contributed by atoms with Crippen LogP contribution in [0.3, 0.4) is 0 Å². The average Bonchev–Trinajstić information content (AvgIpc) is 2.91. The predicted molar refractivity (Wildman–Crippen MR) is 88.5 cm³/mol. The number of hydrogen-bond donors (Lipinski definition) is 1. The van der Waals surface area contributed by atoms with Crippen LogP contribution in [0.15, 0.2) is 41.8 Å². The molecule has 0 unspecified atom stereocenters. The molecular weight excluding hydrogens is 304 g/mol. The smallest absolute Gasteiger partial charge is 0.218 e. The summed E-state index contributed by atoms with van der Waals surface area (Å²) in [6.45, 7) is 4.18. The van der Waals surface area contributed by atoms with E-state index in [2.05, 4.69) is 0 Å².